The third-order valence-electron chi connectivity index (χ3n) is 14.9. The van der Waals surface area contributed by atoms with Crippen molar-refractivity contribution >= 4 is 41.4 Å². The smallest absolute Gasteiger partial charge is 0.251 e. The molecule has 1 aromatic heterocycles. The van der Waals surface area contributed by atoms with E-state index in [-0.39, 0.29) is 75.9 Å². The minimum absolute atomic E-state index is 0.0159. The van der Waals surface area contributed by atoms with Crippen LogP contribution in [-0.4, -0.2) is 157 Å². The quantitative estimate of drug-likeness (QED) is 0.0676. The van der Waals surface area contributed by atoms with Crippen molar-refractivity contribution in [2.75, 3.05) is 26.2 Å². The molecule has 9 atom stereocenters. The van der Waals surface area contributed by atoms with Crippen molar-refractivity contribution in [3.63, 3.8) is 0 Å². The molecule has 21 heteroatoms. The Kier molecular flexibility index (Phi) is 19.7. The van der Waals surface area contributed by atoms with Crippen LogP contribution in [0, 0.1) is 0 Å². The van der Waals surface area contributed by atoms with E-state index in [1.54, 1.807) is 36.4 Å². The van der Waals surface area contributed by atoms with Gasteiger partial charge in [0.1, 0.15) is 47.8 Å². The van der Waals surface area contributed by atoms with Gasteiger partial charge in [0.15, 0.2) is 0 Å². The van der Waals surface area contributed by atoms with Gasteiger partial charge in [-0.1, -0.05) is 80.4 Å². The highest BCUT2D eigenvalue weighted by Gasteiger charge is 2.45. The summed E-state index contributed by atoms with van der Waals surface area (Å²) in [5.74, 6) is -4.32. The number of nitrogens with zero attached hydrogens (tertiary/aromatic N) is 3. The Labute approximate surface area is 464 Å². The topological polar surface area (TPSA) is 311 Å². The first-order chi connectivity index (χ1) is 38.5. The van der Waals surface area contributed by atoms with Gasteiger partial charge in [0, 0.05) is 56.0 Å². The summed E-state index contributed by atoms with van der Waals surface area (Å²) in [6.45, 7) is 3.71. The third-order valence-corrected chi connectivity index (χ3v) is 14.9. The van der Waals surface area contributed by atoms with Crippen LogP contribution in [0.2, 0.25) is 0 Å². The lowest BCUT2D eigenvalue weighted by atomic mass is 9.99. The van der Waals surface area contributed by atoms with E-state index in [1.165, 1.54) is 36.5 Å². The van der Waals surface area contributed by atoms with Crippen molar-refractivity contribution in [1.82, 2.24) is 46.4 Å². The predicted octanol–water partition coefficient (Wildman–Crippen LogP) is 2.63. The summed E-state index contributed by atoms with van der Waals surface area (Å²) in [4.78, 5) is 110. The average molecular weight is 1100 g/mol. The lowest BCUT2D eigenvalue weighted by molar-refractivity contribution is -0.145. The van der Waals surface area contributed by atoms with Crippen LogP contribution in [0.4, 0.5) is 0 Å². The number of fused-ring (bicyclic) bond motifs is 2. The molecule has 5 aromatic rings. The number of imidazole rings is 1. The van der Waals surface area contributed by atoms with Gasteiger partial charge in [-0.05, 0) is 110 Å². The number of aromatic nitrogens is 2. The summed E-state index contributed by atoms with van der Waals surface area (Å²) in [6.07, 6.45) is 3.39. The number of nitrogens with two attached hydrogens (primary N) is 1. The first-order valence-corrected chi connectivity index (χ1v) is 27.5. The number of aromatic amines is 1. The Hall–Kier alpha value is -8.14. The first kappa shape index (κ1) is 58.0. The fourth-order valence-electron chi connectivity index (χ4n) is 10.4. The number of unbranched alkanes of at least 4 members (excludes halogenated alkanes) is 2. The summed E-state index contributed by atoms with van der Waals surface area (Å²) < 4.78 is 5.87. The Bertz CT molecular complexity index is 2920. The normalized spacial score (nSPS) is 23.9. The number of nitrogens with one attached hydrogen (secondary N) is 6. The number of carbonyl (C=O) groups excluding carboxylic acids is 7. The molecule has 424 valence electrons. The Morgan fingerprint density at radius 1 is 0.762 bits per heavy atom. The molecule has 7 amide bonds. The highest BCUT2D eigenvalue weighted by molar-refractivity contribution is 6.00. The highest BCUT2D eigenvalue weighted by atomic mass is 16.5. The van der Waals surface area contributed by atoms with Crippen molar-refractivity contribution in [3.05, 3.63) is 126 Å². The first-order valence-electron chi connectivity index (χ1n) is 27.5. The van der Waals surface area contributed by atoms with Gasteiger partial charge in [0.2, 0.25) is 35.4 Å². The molecule has 21 nitrogen and oxygen atoms in total. The SMILES string of the molecule is CCCCCOc1ccc(-c2ccc(-c3ccc(C(=O)N[C@H]4CCCNC(=O)C5C[C@H](N)CN5C(=O)C(Cc5cnc[nH]5)NC(=O)C(CCc5ccc(O)cc5)NC(=O)C5C[C@@H](O)CN5C(=O)C(C(C)O)NC4=O)cc3)cc2)cc1. The molecule has 6 unspecified atom stereocenters. The second-order valence-electron chi connectivity index (χ2n) is 20.9. The van der Waals surface area contributed by atoms with Gasteiger partial charge in [0.05, 0.1) is 25.1 Å². The largest absolute Gasteiger partial charge is 0.508 e. The molecule has 3 aliphatic rings. The van der Waals surface area contributed by atoms with Gasteiger partial charge >= 0.3 is 0 Å². The number of carbonyl (C=O) groups is 7. The zero-order chi connectivity index (χ0) is 56.9. The van der Waals surface area contributed by atoms with Crippen LogP contribution in [0.1, 0.15) is 86.8 Å². The summed E-state index contributed by atoms with van der Waals surface area (Å²) in [6, 6.07) is 20.4. The molecule has 0 saturated carbocycles. The predicted molar refractivity (Wildman–Crippen MR) is 296 cm³/mol. The lowest BCUT2D eigenvalue weighted by Crippen LogP contribution is -2.61. The Morgan fingerprint density at radius 2 is 1.39 bits per heavy atom. The van der Waals surface area contributed by atoms with Crippen molar-refractivity contribution in [3.8, 4) is 33.8 Å². The van der Waals surface area contributed by atoms with Crippen molar-refractivity contribution < 1.29 is 53.6 Å². The molecular formula is C59H72N10O11. The molecule has 0 aliphatic carbocycles. The molecular weight excluding hydrogens is 1020 g/mol. The summed E-state index contributed by atoms with van der Waals surface area (Å²) in [7, 11) is 0. The number of ether oxygens (including phenoxy) is 1. The summed E-state index contributed by atoms with van der Waals surface area (Å²) in [5, 5.41) is 45.7. The van der Waals surface area contributed by atoms with Gasteiger partial charge < -0.3 is 67.2 Å². The number of benzene rings is 4. The molecule has 4 aromatic carbocycles. The number of H-pyrrole nitrogens is 1. The fourth-order valence-corrected chi connectivity index (χ4v) is 10.4. The zero-order valence-corrected chi connectivity index (χ0v) is 45.0. The van der Waals surface area contributed by atoms with Gasteiger partial charge in [-0.3, -0.25) is 33.6 Å². The van der Waals surface area contributed by atoms with Gasteiger partial charge in [0.25, 0.3) is 5.91 Å². The Morgan fingerprint density at radius 3 is 2.02 bits per heavy atom. The van der Waals surface area contributed by atoms with E-state index >= 15 is 0 Å². The molecule has 3 fully saturated rings. The number of hydrogen-bond acceptors (Lipinski definition) is 13. The van der Waals surface area contributed by atoms with E-state index in [2.05, 4.69) is 43.5 Å². The van der Waals surface area contributed by atoms with E-state index in [9.17, 15) is 48.9 Å². The van der Waals surface area contributed by atoms with Crippen LogP contribution in [0.3, 0.4) is 0 Å². The number of rotatable bonds is 15. The summed E-state index contributed by atoms with van der Waals surface area (Å²) >= 11 is 0. The molecule has 3 aliphatic heterocycles. The van der Waals surface area contributed by atoms with E-state index in [0.717, 1.165) is 52.2 Å². The van der Waals surface area contributed by atoms with Crippen molar-refractivity contribution in [2.45, 2.75) is 133 Å². The van der Waals surface area contributed by atoms with Crippen molar-refractivity contribution in [1.29, 1.82) is 0 Å². The number of aryl methyl sites for hydroxylation is 1. The minimum Gasteiger partial charge on any atom is -0.508 e. The molecule has 3 saturated heterocycles. The summed E-state index contributed by atoms with van der Waals surface area (Å²) in [5.41, 5.74) is 11.6. The molecule has 0 spiro atoms. The maximum atomic E-state index is 14.6. The standard InChI is InChI=1S/C59H72N10O11/c1-3-4-5-27-80-46-23-19-40(20-24-46)38-13-11-37(12-14-38)39-15-17-41(18-16-39)53(73)64-47-7-6-26-62-56(76)50-28-42(60)32-68(50)58(78)49(29-43-31-61-34-63-43)66-54(74)48(25-10-36-8-21-44(71)22-9-36)65-57(77)51-30-45(72)33-69(51)59(79)52(35(2)70)67-55(47)75/h8-9,11-24,31,34-35,42,45,47-52,70-72H,3-7,10,25-30,32-33,60H2,1-2H3,(H,61,63)(H,62,76)(H,64,73)(H,65,77)(H,66,74)(H,67,75)/t35?,42-,45+,47-,48?,49?,50?,51?,52?/m0/s1. The second-order valence-corrected chi connectivity index (χ2v) is 20.9. The van der Waals surface area contributed by atoms with Gasteiger partial charge in [-0.15, -0.1) is 0 Å². The lowest BCUT2D eigenvalue weighted by Gasteiger charge is -2.32. The van der Waals surface area contributed by atoms with Crippen molar-refractivity contribution in [2.24, 2.45) is 5.73 Å². The van der Waals surface area contributed by atoms with Crippen LogP contribution in [0.5, 0.6) is 11.5 Å². The molecule has 11 N–H and O–H groups in total. The minimum atomic E-state index is -1.67. The number of hydrogen-bond donors (Lipinski definition) is 10. The maximum absolute atomic E-state index is 14.6. The van der Waals surface area contributed by atoms with Crippen LogP contribution < -0.4 is 37.1 Å². The molecule has 80 heavy (non-hydrogen) atoms. The number of phenols is 1. The number of amides is 7. The number of phenolic OH excluding ortho intramolecular Hbond substituents is 1. The highest BCUT2D eigenvalue weighted by Crippen LogP contribution is 2.28. The van der Waals surface area contributed by atoms with Gasteiger partial charge in [-0.25, -0.2) is 4.98 Å². The van der Waals surface area contributed by atoms with Crippen LogP contribution in [-0.2, 0) is 41.6 Å². The fraction of sp³-hybridized carbons (Fsp3) is 0.424. The van der Waals surface area contributed by atoms with E-state index < -0.39 is 95.9 Å². The monoisotopic (exact) mass is 1100 g/mol. The van der Waals surface area contributed by atoms with E-state index in [0.29, 0.717) is 17.9 Å². The average Bonchev–Trinajstić information content (AvgIpc) is 4.26. The molecule has 4 heterocycles. The maximum Gasteiger partial charge on any atom is 0.251 e. The van der Waals surface area contributed by atoms with Crippen LogP contribution in [0.15, 0.2) is 110 Å². The molecule has 8 rings (SSSR count). The number of aliphatic hydroxyl groups is 2. The second kappa shape index (κ2) is 27.2. The Balaban J connectivity index is 1.03. The third kappa shape index (κ3) is 14.9. The van der Waals surface area contributed by atoms with Crippen LogP contribution in [0.25, 0.3) is 22.3 Å². The van der Waals surface area contributed by atoms with Gasteiger partial charge in [-0.2, -0.15) is 0 Å². The molecule has 0 bridgehead atoms. The number of aromatic hydroxyl groups is 1. The van der Waals surface area contributed by atoms with E-state index in [1.807, 2.05) is 48.5 Å². The van der Waals surface area contributed by atoms with Crippen LogP contribution >= 0.6 is 0 Å². The zero-order valence-electron chi connectivity index (χ0n) is 45.0. The van der Waals surface area contributed by atoms with E-state index in [4.69, 9.17) is 10.5 Å². The molecule has 0 radical (unpaired) electrons. The number of aliphatic hydroxyl groups excluding tert-OH is 2.